The van der Waals surface area contributed by atoms with Crippen LogP contribution in [0.15, 0.2) is 71.3 Å². The van der Waals surface area contributed by atoms with Gasteiger partial charge in [-0.15, -0.1) is 0 Å². The summed E-state index contributed by atoms with van der Waals surface area (Å²) in [6.07, 6.45) is 1.88. The Morgan fingerprint density at radius 2 is 1.57 bits per heavy atom. The van der Waals surface area contributed by atoms with Crippen molar-refractivity contribution in [3.63, 3.8) is 0 Å². The molecule has 116 valence electrons. The van der Waals surface area contributed by atoms with Crippen LogP contribution >= 0.6 is 15.9 Å². The summed E-state index contributed by atoms with van der Waals surface area (Å²) < 4.78 is 1.07. The molecular weight excluding hydrogens is 346 g/mol. The fraction of sp³-hybridized carbons (Fsp3) is 0.190. The second-order valence-electron chi connectivity index (χ2n) is 6.74. The minimum absolute atomic E-state index is 0.118. The van der Waals surface area contributed by atoms with Gasteiger partial charge >= 0.3 is 0 Å². The van der Waals surface area contributed by atoms with Crippen LogP contribution in [0.3, 0.4) is 0 Å². The summed E-state index contributed by atoms with van der Waals surface area (Å²) in [7, 11) is 0. The molecule has 0 radical (unpaired) electrons. The molecule has 0 saturated carbocycles. The highest BCUT2D eigenvalue weighted by Gasteiger charge is 2.16. The number of rotatable bonds is 2. The Morgan fingerprint density at radius 1 is 0.826 bits per heavy atom. The third kappa shape index (κ3) is 3.53. The number of pyridine rings is 1. The largest absolute Gasteiger partial charge is 0.256 e. The van der Waals surface area contributed by atoms with Gasteiger partial charge in [0.1, 0.15) is 0 Å². The van der Waals surface area contributed by atoms with E-state index in [0.29, 0.717) is 0 Å². The molecule has 0 spiro atoms. The Kier molecular flexibility index (Phi) is 4.36. The minimum atomic E-state index is 0.118. The van der Waals surface area contributed by atoms with E-state index in [0.717, 1.165) is 15.7 Å². The van der Waals surface area contributed by atoms with Crippen molar-refractivity contribution in [2.24, 2.45) is 0 Å². The Hall–Kier alpha value is -1.93. The molecule has 23 heavy (non-hydrogen) atoms. The van der Waals surface area contributed by atoms with E-state index in [1.807, 2.05) is 12.3 Å². The first kappa shape index (κ1) is 15.9. The molecule has 0 atom stereocenters. The molecule has 3 rings (SSSR count). The van der Waals surface area contributed by atoms with Gasteiger partial charge in [-0.2, -0.15) is 0 Å². The van der Waals surface area contributed by atoms with Crippen molar-refractivity contribution in [2.45, 2.75) is 26.2 Å². The number of halogens is 1. The lowest BCUT2D eigenvalue weighted by Gasteiger charge is -2.20. The Balaban J connectivity index is 2.09. The third-order valence-electron chi connectivity index (χ3n) is 3.98. The van der Waals surface area contributed by atoms with Crippen LogP contribution in [0.4, 0.5) is 0 Å². The van der Waals surface area contributed by atoms with Crippen molar-refractivity contribution in [3.05, 3.63) is 76.9 Å². The molecule has 1 nitrogen and oxygen atoms in total. The smallest absolute Gasteiger partial charge is 0.0719 e. The lowest BCUT2D eigenvalue weighted by molar-refractivity contribution is 0.590. The summed E-state index contributed by atoms with van der Waals surface area (Å²) >= 11 is 3.67. The van der Waals surface area contributed by atoms with Crippen LogP contribution in [0.25, 0.3) is 22.4 Å². The SMILES string of the molecule is CC(C)(C)c1ccc(Br)c(-c2cc(-c3ccccc3)ccn2)c1. The maximum atomic E-state index is 4.59. The van der Waals surface area contributed by atoms with Crippen LogP contribution in [-0.4, -0.2) is 4.98 Å². The Labute approximate surface area is 146 Å². The van der Waals surface area contributed by atoms with Gasteiger partial charge in [0, 0.05) is 16.2 Å². The van der Waals surface area contributed by atoms with Crippen molar-refractivity contribution in [1.29, 1.82) is 0 Å². The van der Waals surface area contributed by atoms with Crippen LogP contribution in [-0.2, 0) is 5.41 Å². The molecule has 3 aromatic rings. The summed E-state index contributed by atoms with van der Waals surface area (Å²) in [5.74, 6) is 0. The quantitative estimate of drug-likeness (QED) is 0.506. The number of benzene rings is 2. The average Bonchev–Trinajstić information content (AvgIpc) is 2.55. The molecule has 2 heteroatoms. The third-order valence-corrected chi connectivity index (χ3v) is 4.67. The Bertz CT molecular complexity index is 817. The highest BCUT2D eigenvalue weighted by atomic mass is 79.9. The predicted molar refractivity (Wildman–Crippen MR) is 102 cm³/mol. The van der Waals surface area contributed by atoms with Gasteiger partial charge in [-0.25, -0.2) is 0 Å². The predicted octanol–water partition coefficient (Wildman–Crippen LogP) is 6.48. The molecule has 0 aliphatic heterocycles. The van der Waals surface area contributed by atoms with E-state index in [4.69, 9.17) is 0 Å². The zero-order valence-corrected chi connectivity index (χ0v) is 15.3. The lowest BCUT2D eigenvalue weighted by atomic mass is 9.86. The summed E-state index contributed by atoms with van der Waals surface area (Å²) in [6.45, 7) is 6.69. The van der Waals surface area contributed by atoms with Crippen molar-refractivity contribution in [1.82, 2.24) is 4.98 Å². The first-order valence-corrected chi connectivity index (χ1v) is 8.56. The second kappa shape index (κ2) is 6.29. The van der Waals surface area contributed by atoms with E-state index in [1.165, 1.54) is 16.7 Å². The molecular formula is C21H20BrN. The summed E-state index contributed by atoms with van der Waals surface area (Å²) in [5, 5.41) is 0. The maximum Gasteiger partial charge on any atom is 0.0719 e. The van der Waals surface area contributed by atoms with Gasteiger partial charge in [0.15, 0.2) is 0 Å². The first-order valence-electron chi connectivity index (χ1n) is 7.77. The molecule has 1 aromatic heterocycles. The van der Waals surface area contributed by atoms with Gasteiger partial charge in [0.2, 0.25) is 0 Å². The van der Waals surface area contributed by atoms with E-state index < -0.39 is 0 Å². The molecule has 0 aliphatic carbocycles. The topological polar surface area (TPSA) is 12.9 Å². The van der Waals surface area contributed by atoms with E-state index in [-0.39, 0.29) is 5.41 Å². The minimum Gasteiger partial charge on any atom is -0.256 e. The van der Waals surface area contributed by atoms with Gasteiger partial charge in [0.05, 0.1) is 5.69 Å². The normalized spacial score (nSPS) is 11.5. The fourth-order valence-corrected chi connectivity index (χ4v) is 3.03. The number of aromatic nitrogens is 1. The van der Waals surface area contributed by atoms with Gasteiger partial charge < -0.3 is 0 Å². The van der Waals surface area contributed by atoms with Crippen molar-refractivity contribution in [3.8, 4) is 22.4 Å². The number of nitrogens with zero attached hydrogens (tertiary/aromatic N) is 1. The summed E-state index contributed by atoms with van der Waals surface area (Å²) in [6, 6.07) is 21.1. The van der Waals surface area contributed by atoms with Crippen molar-refractivity contribution >= 4 is 15.9 Å². The van der Waals surface area contributed by atoms with E-state index in [2.05, 4.69) is 96.3 Å². The number of hydrogen-bond acceptors (Lipinski definition) is 1. The molecule has 0 bridgehead atoms. The highest BCUT2D eigenvalue weighted by Crippen LogP contribution is 2.33. The highest BCUT2D eigenvalue weighted by molar-refractivity contribution is 9.10. The molecule has 0 N–H and O–H groups in total. The van der Waals surface area contributed by atoms with Crippen molar-refractivity contribution in [2.75, 3.05) is 0 Å². The molecule has 0 fully saturated rings. The Morgan fingerprint density at radius 3 is 2.26 bits per heavy atom. The van der Waals surface area contributed by atoms with Crippen LogP contribution in [0.2, 0.25) is 0 Å². The number of hydrogen-bond donors (Lipinski definition) is 0. The van der Waals surface area contributed by atoms with Crippen molar-refractivity contribution < 1.29 is 0 Å². The maximum absolute atomic E-state index is 4.59. The van der Waals surface area contributed by atoms with Crippen LogP contribution < -0.4 is 0 Å². The summed E-state index contributed by atoms with van der Waals surface area (Å²) in [5.41, 5.74) is 5.94. The zero-order valence-electron chi connectivity index (χ0n) is 13.7. The van der Waals surface area contributed by atoms with Crippen LogP contribution in [0.5, 0.6) is 0 Å². The van der Waals surface area contributed by atoms with Gasteiger partial charge in [-0.05, 0) is 46.4 Å². The van der Waals surface area contributed by atoms with E-state index >= 15 is 0 Å². The monoisotopic (exact) mass is 365 g/mol. The zero-order chi connectivity index (χ0) is 16.4. The first-order chi connectivity index (χ1) is 10.9. The van der Waals surface area contributed by atoms with Gasteiger partial charge in [-0.3, -0.25) is 4.98 Å². The molecule has 0 unspecified atom stereocenters. The molecule has 0 saturated heterocycles. The molecule has 0 aliphatic rings. The molecule has 2 aromatic carbocycles. The second-order valence-corrected chi connectivity index (χ2v) is 7.59. The van der Waals surface area contributed by atoms with E-state index in [9.17, 15) is 0 Å². The molecule has 0 amide bonds. The summed E-state index contributed by atoms with van der Waals surface area (Å²) in [4.78, 5) is 4.59. The van der Waals surface area contributed by atoms with E-state index in [1.54, 1.807) is 0 Å². The van der Waals surface area contributed by atoms with Crippen LogP contribution in [0.1, 0.15) is 26.3 Å². The molecule has 1 heterocycles. The standard InChI is InChI=1S/C21H20BrN/c1-21(2,3)17-9-10-19(22)18(14-17)20-13-16(11-12-23-20)15-7-5-4-6-8-15/h4-14H,1-3H3. The van der Waals surface area contributed by atoms with Gasteiger partial charge in [-0.1, -0.05) is 73.1 Å². The van der Waals surface area contributed by atoms with Crippen LogP contribution in [0, 0.1) is 0 Å². The lowest BCUT2D eigenvalue weighted by Crippen LogP contribution is -2.11. The fourth-order valence-electron chi connectivity index (χ4n) is 2.58. The average molecular weight is 366 g/mol. The van der Waals surface area contributed by atoms with Gasteiger partial charge in [0.25, 0.3) is 0 Å².